The Bertz CT molecular complexity index is 442. The van der Waals surface area contributed by atoms with Gasteiger partial charge in [-0.05, 0) is 32.6 Å². The summed E-state index contributed by atoms with van der Waals surface area (Å²) < 4.78 is 10.3. The minimum atomic E-state index is -0.286. The Morgan fingerprint density at radius 2 is 2.33 bits per heavy atom. The van der Waals surface area contributed by atoms with Crippen LogP contribution in [0.5, 0.6) is 0 Å². The van der Waals surface area contributed by atoms with Crippen LogP contribution in [-0.4, -0.2) is 34.3 Å². The molecule has 98 valence electrons. The molecule has 2 aliphatic rings. The maximum absolute atomic E-state index is 11.8. The zero-order chi connectivity index (χ0) is 12.5. The molecule has 0 N–H and O–H groups in total. The highest BCUT2D eigenvalue weighted by Crippen LogP contribution is 2.39. The van der Waals surface area contributed by atoms with Gasteiger partial charge in [-0.2, -0.15) is 4.98 Å². The van der Waals surface area contributed by atoms with Gasteiger partial charge in [0.05, 0.1) is 6.61 Å². The predicted molar refractivity (Wildman–Crippen MR) is 62.0 cm³/mol. The first-order chi connectivity index (χ1) is 8.79. The van der Waals surface area contributed by atoms with Gasteiger partial charge in [0.15, 0.2) is 5.82 Å². The molecule has 1 aliphatic carbocycles. The van der Waals surface area contributed by atoms with Crippen molar-refractivity contribution in [3.8, 4) is 0 Å². The molecule has 1 saturated heterocycles. The lowest BCUT2D eigenvalue weighted by Crippen LogP contribution is -2.31. The van der Waals surface area contributed by atoms with Crippen molar-refractivity contribution in [1.29, 1.82) is 0 Å². The predicted octanol–water partition coefficient (Wildman–Crippen LogP) is 2.24. The van der Waals surface area contributed by atoms with E-state index in [-0.39, 0.29) is 12.1 Å². The van der Waals surface area contributed by atoms with Gasteiger partial charge < -0.3 is 9.26 Å². The monoisotopic (exact) mass is 251 g/mol. The van der Waals surface area contributed by atoms with Crippen molar-refractivity contribution in [2.75, 3.05) is 13.2 Å². The summed E-state index contributed by atoms with van der Waals surface area (Å²) in [5.41, 5.74) is 0. The summed E-state index contributed by atoms with van der Waals surface area (Å²) >= 11 is 0. The standard InChI is InChI=1S/C12H17N3O3/c1-2-17-12(16)15-7-3-4-9(15)11-13-10(14-18-11)8-5-6-8/h8-9H,2-7H2,1H3. The van der Waals surface area contributed by atoms with E-state index in [0.717, 1.165) is 31.5 Å². The normalized spacial score (nSPS) is 23.4. The maximum atomic E-state index is 11.8. The Kier molecular flexibility index (Phi) is 2.93. The van der Waals surface area contributed by atoms with Crippen molar-refractivity contribution >= 4 is 6.09 Å². The van der Waals surface area contributed by atoms with E-state index in [0.29, 0.717) is 25.0 Å². The van der Waals surface area contributed by atoms with Crippen molar-refractivity contribution in [3.63, 3.8) is 0 Å². The van der Waals surface area contributed by atoms with Gasteiger partial charge in [0.25, 0.3) is 0 Å². The lowest BCUT2D eigenvalue weighted by atomic mass is 10.2. The summed E-state index contributed by atoms with van der Waals surface area (Å²) in [6.45, 7) is 2.89. The van der Waals surface area contributed by atoms with Crippen LogP contribution in [-0.2, 0) is 4.74 Å². The lowest BCUT2D eigenvalue weighted by Gasteiger charge is -2.20. The van der Waals surface area contributed by atoms with Crippen LogP contribution < -0.4 is 0 Å². The van der Waals surface area contributed by atoms with Gasteiger partial charge >= 0.3 is 6.09 Å². The molecule has 0 bridgehead atoms. The molecule has 2 fully saturated rings. The number of rotatable bonds is 3. The number of aromatic nitrogens is 2. The topological polar surface area (TPSA) is 68.5 Å². The maximum Gasteiger partial charge on any atom is 0.410 e. The molecule has 2 heterocycles. The molecular formula is C12H17N3O3. The van der Waals surface area contributed by atoms with E-state index >= 15 is 0 Å². The van der Waals surface area contributed by atoms with E-state index in [2.05, 4.69) is 10.1 Å². The van der Waals surface area contributed by atoms with Crippen LogP contribution in [0.2, 0.25) is 0 Å². The third kappa shape index (κ3) is 2.07. The summed E-state index contributed by atoms with van der Waals surface area (Å²) in [5, 5.41) is 4.00. The number of amides is 1. The highest BCUT2D eigenvalue weighted by atomic mass is 16.6. The second kappa shape index (κ2) is 4.59. The smallest absolute Gasteiger partial charge is 0.410 e. The van der Waals surface area contributed by atoms with Crippen LogP contribution in [0.3, 0.4) is 0 Å². The molecule has 6 nitrogen and oxygen atoms in total. The highest BCUT2D eigenvalue weighted by Gasteiger charge is 2.36. The summed E-state index contributed by atoms with van der Waals surface area (Å²) in [6, 6.07) is -0.107. The van der Waals surface area contributed by atoms with E-state index in [4.69, 9.17) is 9.26 Å². The first kappa shape index (κ1) is 11.5. The molecule has 0 radical (unpaired) electrons. The zero-order valence-corrected chi connectivity index (χ0v) is 10.5. The Morgan fingerprint density at radius 3 is 3.06 bits per heavy atom. The van der Waals surface area contributed by atoms with Gasteiger partial charge in [0.2, 0.25) is 5.89 Å². The van der Waals surface area contributed by atoms with Crippen molar-refractivity contribution in [2.24, 2.45) is 0 Å². The van der Waals surface area contributed by atoms with E-state index < -0.39 is 0 Å². The first-order valence-electron chi connectivity index (χ1n) is 6.56. The van der Waals surface area contributed by atoms with Gasteiger partial charge in [0.1, 0.15) is 6.04 Å². The second-order valence-corrected chi connectivity index (χ2v) is 4.82. The zero-order valence-electron chi connectivity index (χ0n) is 10.5. The largest absolute Gasteiger partial charge is 0.450 e. The summed E-state index contributed by atoms with van der Waals surface area (Å²) in [7, 11) is 0. The fourth-order valence-electron chi connectivity index (χ4n) is 2.34. The molecule has 1 atom stereocenters. The van der Waals surface area contributed by atoms with Gasteiger partial charge in [0, 0.05) is 12.5 Å². The number of nitrogens with zero attached hydrogens (tertiary/aromatic N) is 3. The molecule has 1 unspecified atom stereocenters. The van der Waals surface area contributed by atoms with Gasteiger partial charge in [-0.1, -0.05) is 5.16 Å². The number of hydrogen-bond acceptors (Lipinski definition) is 5. The summed E-state index contributed by atoms with van der Waals surface area (Å²) in [6.07, 6.45) is 3.82. The number of ether oxygens (including phenoxy) is 1. The van der Waals surface area contributed by atoms with Crippen molar-refractivity contribution in [3.05, 3.63) is 11.7 Å². The van der Waals surface area contributed by atoms with Crippen LogP contribution in [0.25, 0.3) is 0 Å². The molecule has 1 saturated carbocycles. The third-order valence-corrected chi connectivity index (χ3v) is 3.44. The molecule has 1 aliphatic heterocycles. The molecule has 0 aromatic carbocycles. The molecule has 0 spiro atoms. The number of carbonyl (C=O) groups is 1. The fraction of sp³-hybridized carbons (Fsp3) is 0.750. The summed E-state index contributed by atoms with van der Waals surface area (Å²) in [4.78, 5) is 17.9. The van der Waals surface area contributed by atoms with Gasteiger partial charge in [-0.25, -0.2) is 4.79 Å². The summed E-state index contributed by atoms with van der Waals surface area (Å²) in [5.74, 6) is 1.82. The Labute approximate surface area is 105 Å². The molecule has 1 amide bonds. The molecule has 6 heteroatoms. The van der Waals surface area contributed by atoms with Crippen molar-refractivity contribution in [1.82, 2.24) is 15.0 Å². The Balaban J connectivity index is 1.74. The number of hydrogen-bond donors (Lipinski definition) is 0. The van der Waals surface area contributed by atoms with Gasteiger partial charge in [-0.3, -0.25) is 4.90 Å². The Hall–Kier alpha value is -1.59. The number of likely N-dealkylation sites (tertiary alicyclic amines) is 1. The van der Waals surface area contributed by atoms with E-state index in [1.165, 1.54) is 0 Å². The minimum Gasteiger partial charge on any atom is -0.450 e. The minimum absolute atomic E-state index is 0.107. The van der Waals surface area contributed by atoms with E-state index in [1.54, 1.807) is 11.8 Å². The molecular weight excluding hydrogens is 234 g/mol. The lowest BCUT2D eigenvalue weighted by molar-refractivity contribution is 0.0966. The average molecular weight is 251 g/mol. The molecule has 1 aromatic heterocycles. The SMILES string of the molecule is CCOC(=O)N1CCCC1c1nc(C2CC2)no1. The van der Waals surface area contributed by atoms with Crippen molar-refractivity contribution in [2.45, 2.75) is 44.6 Å². The van der Waals surface area contributed by atoms with E-state index in [1.807, 2.05) is 0 Å². The quantitative estimate of drug-likeness (QED) is 0.824. The van der Waals surface area contributed by atoms with Crippen LogP contribution in [0.4, 0.5) is 4.79 Å². The fourth-order valence-corrected chi connectivity index (χ4v) is 2.34. The third-order valence-electron chi connectivity index (χ3n) is 3.44. The Morgan fingerprint density at radius 1 is 1.50 bits per heavy atom. The molecule has 18 heavy (non-hydrogen) atoms. The van der Waals surface area contributed by atoms with E-state index in [9.17, 15) is 4.79 Å². The van der Waals surface area contributed by atoms with Crippen molar-refractivity contribution < 1.29 is 14.1 Å². The van der Waals surface area contributed by atoms with Crippen LogP contribution in [0.15, 0.2) is 4.52 Å². The second-order valence-electron chi connectivity index (χ2n) is 4.82. The molecule has 1 aromatic rings. The van der Waals surface area contributed by atoms with Gasteiger partial charge in [-0.15, -0.1) is 0 Å². The van der Waals surface area contributed by atoms with Crippen LogP contribution in [0.1, 0.15) is 56.3 Å². The van der Waals surface area contributed by atoms with Crippen LogP contribution >= 0.6 is 0 Å². The molecule has 3 rings (SSSR count). The average Bonchev–Trinajstić information content (AvgIpc) is 2.93. The van der Waals surface area contributed by atoms with Crippen LogP contribution in [0, 0.1) is 0 Å². The highest BCUT2D eigenvalue weighted by molar-refractivity contribution is 5.68. The number of carbonyl (C=O) groups excluding carboxylic acids is 1. The first-order valence-corrected chi connectivity index (χ1v) is 6.56.